The fraction of sp³-hybridized carbons (Fsp3) is 0.480. The Morgan fingerprint density at radius 1 is 1.00 bits per heavy atom. The molecule has 1 atom stereocenters. The topological polar surface area (TPSA) is 36.0 Å². The van der Waals surface area contributed by atoms with Crippen LogP contribution in [-0.4, -0.2) is 55.0 Å². The van der Waals surface area contributed by atoms with E-state index in [1.165, 1.54) is 11.3 Å². The standard InChI is InChI=1S/C25H35N3O2/c1-18(2)28(19(3)4)22-11-9-21(10-12-22)25-26(5)17-24(29)27(25)16-15-20-7-13-23(30-6)14-8-20/h7-14,18-19,25H,15-17H2,1-6H3. The summed E-state index contributed by atoms with van der Waals surface area (Å²) in [7, 11) is 3.70. The Morgan fingerprint density at radius 3 is 2.13 bits per heavy atom. The smallest absolute Gasteiger partial charge is 0.238 e. The molecule has 0 aliphatic carbocycles. The number of nitrogens with zero attached hydrogens (tertiary/aromatic N) is 3. The number of carbonyl (C=O) groups excluding carboxylic acids is 1. The van der Waals surface area contributed by atoms with E-state index >= 15 is 0 Å². The van der Waals surface area contributed by atoms with Gasteiger partial charge in [-0.1, -0.05) is 24.3 Å². The first-order chi connectivity index (χ1) is 14.3. The van der Waals surface area contributed by atoms with Crippen molar-refractivity contribution in [2.24, 2.45) is 0 Å². The maximum Gasteiger partial charge on any atom is 0.238 e. The summed E-state index contributed by atoms with van der Waals surface area (Å²) in [5.74, 6) is 1.04. The van der Waals surface area contributed by atoms with Gasteiger partial charge in [0.2, 0.25) is 5.91 Å². The molecular formula is C25H35N3O2. The Morgan fingerprint density at radius 2 is 1.60 bits per heavy atom. The molecule has 0 aromatic heterocycles. The van der Waals surface area contributed by atoms with Crippen molar-refractivity contribution in [3.05, 3.63) is 59.7 Å². The molecule has 1 saturated heterocycles. The Bertz CT molecular complexity index is 822. The van der Waals surface area contributed by atoms with Crippen molar-refractivity contribution in [1.29, 1.82) is 0 Å². The molecule has 5 heteroatoms. The third-order valence-corrected chi connectivity index (χ3v) is 5.82. The van der Waals surface area contributed by atoms with Gasteiger partial charge in [0.1, 0.15) is 11.9 Å². The lowest BCUT2D eigenvalue weighted by molar-refractivity contribution is -0.128. The van der Waals surface area contributed by atoms with Crippen LogP contribution in [0.5, 0.6) is 5.75 Å². The maximum atomic E-state index is 12.7. The molecule has 0 saturated carbocycles. The zero-order valence-electron chi connectivity index (χ0n) is 19.1. The van der Waals surface area contributed by atoms with Crippen LogP contribution in [0.15, 0.2) is 48.5 Å². The van der Waals surface area contributed by atoms with E-state index in [9.17, 15) is 4.79 Å². The number of carbonyl (C=O) groups is 1. The molecular weight excluding hydrogens is 374 g/mol. The molecule has 3 rings (SSSR count). The van der Waals surface area contributed by atoms with Crippen LogP contribution in [0.4, 0.5) is 5.69 Å². The summed E-state index contributed by atoms with van der Waals surface area (Å²) in [6.45, 7) is 10.0. The maximum absolute atomic E-state index is 12.7. The minimum Gasteiger partial charge on any atom is -0.497 e. The van der Waals surface area contributed by atoms with Crippen molar-refractivity contribution >= 4 is 11.6 Å². The third-order valence-electron chi connectivity index (χ3n) is 5.82. The zero-order chi connectivity index (χ0) is 21.8. The van der Waals surface area contributed by atoms with Gasteiger partial charge in [0.05, 0.1) is 13.7 Å². The van der Waals surface area contributed by atoms with Crippen LogP contribution in [-0.2, 0) is 11.2 Å². The number of anilines is 1. The molecule has 0 N–H and O–H groups in total. The number of hydrogen-bond donors (Lipinski definition) is 0. The molecule has 1 heterocycles. The predicted molar refractivity (Wildman–Crippen MR) is 123 cm³/mol. The molecule has 1 unspecified atom stereocenters. The van der Waals surface area contributed by atoms with E-state index in [0.29, 0.717) is 25.2 Å². The second-order valence-electron chi connectivity index (χ2n) is 8.66. The molecule has 30 heavy (non-hydrogen) atoms. The van der Waals surface area contributed by atoms with Gasteiger partial charge >= 0.3 is 0 Å². The molecule has 1 aliphatic rings. The van der Waals surface area contributed by atoms with E-state index in [4.69, 9.17) is 4.74 Å². The Hall–Kier alpha value is -2.53. The summed E-state index contributed by atoms with van der Waals surface area (Å²) in [6, 6.07) is 17.7. The average Bonchev–Trinajstić information content (AvgIpc) is 3.00. The van der Waals surface area contributed by atoms with Crippen molar-refractivity contribution in [3.8, 4) is 5.75 Å². The number of rotatable bonds is 8. The highest BCUT2D eigenvalue weighted by molar-refractivity contribution is 5.81. The quantitative estimate of drug-likeness (QED) is 0.650. The zero-order valence-corrected chi connectivity index (χ0v) is 19.1. The van der Waals surface area contributed by atoms with Crippen molar-refractivity contribution in [2.75, 3.05) is 32.1 Å². The van der Waals surface area contributed by atoms with Crippen molar-refractivity contribution < 1.29 is 9.53 Å². The summed E-state index contributed by atoms with van der Waals surface area (Å²) in [4.78, 5) is 19.2. The van der Waals surface area contributed by atoms with Crippen LogP contribution in [0.1, 0.15) is 45.0 Å². The molecule has 162 valence electrons. The predicted octanol–water partition coefficient (Wildman–Crippen LogP) is 4.33. The van der Waals surface area contributed by atoms with E-state index < -0.39 is 0 Å². The molecule has 1 aliphatic heterocycles. The first-order valence-corrected chi connectivity index (χ1v) is 10.8. The summed E-state index contributed by atoms with van der Waals surface area (Å²) in [5, 5.41) is 0. The lowest BCUT2D eigenvalue weighted by atomic mass is 10.1. The first kappa shape index (κ1) is 22.2. The molecule has 5 nitrogen and oxygen atoms in total. The van der Waals surface area contributed by atoms with Gasteiger partial charge in [-0.3, -0.25) is 9.69 Å². The van der Waals surface area contributed by atoms with Crippen molar-refractivity contribution in [2.45, 2.75) is 52.4 Å². The molecule has 1 fully saturated rings. The first-order valence-electron chi connectivity index (χ1n) is 10.8. The Kier molecular flexibility index (Phi) is 7.03. The minimum absolute atomic E-state index is 0.0173. The summed E-state index contributed by atoms with van der Waals surface area (Å²) < 4.78 is 5.23. The van der Waals surface area contributed by atoms with E-state index in [-0.39, 0.29) is 12.1 Å². The summed E-state index contributed by atoms with van der Waals surface area (Å²) in [6.07, 6.45) is 0.809. The number of hydrogen-bond acceptors (Lipinski definition) is 4. The van der Waals surface area contributed by atoms with E-state index in [1.54, 1.807) is 7.11 Å². The highest BCUT2D eigenvalue weighted by atomic mass is 16.5. The van der Waals surface area contributed by atoms with E-state index in [2.05, 4.69) is 73.9 Å². The average molecular weight is 410 g/mol. The lowest BCUT2D eigenvalue weighted by Crippen LogP contribution is -2.37. The molecule has 1 amide bonds. The number of methoxy groups -OCH3 is 1. The number of likely N-dealkylation sites (N-methyl/N-ethyl adjacent to an activating group) is 1. The van der Waals surface area contributed by atoms with Crippen molar-refractivity contribution in [3.63, 3.8) is 0 Å². The number of ether oxygens (including phenoxy) is 1. The molecule has 0 spiro atoms. The molecule has 2 aromatic carbocycles. The monoisotopic (exact) mass is 409 g/mol. The van der Waals surface area contributed by atoms with Gasteiger partial charge in [0.25, 0.3) is 0 Å². The molecule has 0 bridgehead atoms. The lowest BCUT2D eigenvalue weighted by Gasteiger charge is -2.34. The molecule has 0 radical (unpaired) electrons. The number of amides is 1. The van der Waals surface area contributed by atoms with Crippen LogP contribution in [0.25, 0.3) is 0 Å². The van der Waals surface area contributed by atoms with Crippen molar-refractivity contribution in [1.82, 2.24) is 9.80 Å². The second-order valence-corrected chi connectivity index (χ2v) is 8.66. The SMILES string of the molecule is COc1ccc(CCN2C(=O)CN(C)C2c2ccc(N(C(C)C)C(C)C)cc2)cc1. The highest BCUT2D eigenvalue weighted by Gasteiger charge is 2.36. The van der Waals surface area contributed by atoms with Crippen LogP contribution >= 0.6 is 0 Å². The third kappa shape index (κ3) is 4.78. The van der Waals surface area contributed by atoms with Gasteiger partial charge in [-0.2, -0.15) is 0 Å². The summed E-state index contributed by atoms with van der Waals surface area (Å²) in [5.41, 5.74) is 3.59. The van der Waals surface area contributed by atoms with Crippen LogP contribution in [0.3, 0.4) is 0 Å². The Labute approximate surface area is 181 Å². The van der Waals surface area contributed by atoms with Gasteiger partial charge in [-0.15, -0.1) is 0 Å². The van der Waals surface area contributed by atoms with Crippen LogP contribution < -0.4 is 9.64 Å². The number of benzene rings is 2. The minimum atomic E-state index is -0.0173. The van der Waals surface area contributed by atoms with E-state index in [1.807, 2.05) is 24.1 Å². The fourth-order valence-corrected chi connectivity index (χ4v) is 4.50. The normalized spacial score (nSPS) is 17.3. The van der Waals surface area contributed by atoms with Gasteiger partial charge < -0.3 is 14.5 Å². The van der Waals surface area contributed by atoms with Gasteiger partial charge in [-0.25, -0.2) is 0 Å². The van der Waals surface area contributed by atoms with Gasteiger partial charge in [0, 0.05) is 24.3 Å². The van der Waals surface area contributed by atoms with Gasteiger partial charge in [-0.05, 0) is 76.6 Å². The largest absolute Gasteiger partial charge is 0.497 e. The highest BCUT2D eigenvalue weighted by Crippen LogP contribution is 2.31. The van der Waals surface area contributed by atoms with Crippen LogP contribution in [0, 0.1) is 0 Å². The van der Waals surface area contributed by atoms with Crippen LogP contribution in [0.2, 0.25) is 0 Å². The second kappa shape index (κ2) is 9.52. The molecule has 2 aromatic rings. The summed E-state index contributed by atoms with van der Waals surface area (Å²) >= 11 is 0. The van der Waals surface area contributed by atoms with E-state index in [0.717, 1.165) is 17.7 Å². The van der Waals surface area contributed by atoms with Gasteiger partial charge in [0.15, 0.2) is 0 Å². The Balaban J connectivity index is 1.76. The fourth-order valence-electron chi connectivity index (χ4n) is 4.50.